The van der Waals surface area contributed by atoms with Crippen molar-refractivity contribution in [1.29, 1.82) is 0 Å². The SMILES string of the molecule is COc1ccsc1-c1nn(C)c(N)c1-c1cccnc1. The lowest BCUT2D eigenvalue weighted by molar-refractivity contribution is 0.418. The van der Waals surface area contributed by atoms with Crippen LogP contribution < -0.4 is 10.5 Å². The fourth-order valence-corrected chi connectivity index (χ4v) is 2.97. The van der Waals surface area contributed by atoms with Crippen molar-refractivity contribution in [3.05, 3.63) is 36.0 Å². The summed E-state index contributed by atoms with van der Waals surface area (Å²) in [5.74, 6) is 1.42. The van der Waals surface area contributed by atoms with Crippen molar-refractivity contribution in [2.24, 2.45) is 7.05 Å². The van der Waals surface area contributed by atoms with Crippen molar-refractivity contribution in [3.8, 4) is 27.4 Å². The van der Waals surface area contributed by atoms with E-state index in [9.17, 15) is 0 Å². The van der Waals surface area contributed by atoms with Crippen LogP contribution in [0.3, 0.4) is 0 Å². The van der Waals surface area contributed by atoms with Crippen LogP contribution in [0.5, 0.6) is 5.75 Å². The van der Waals surface area contributed by atoms with E-state index >= 15 is 0 Å². The molecule has 0 bridgehead atoms. The quantitative estimate of drug-likeness (QED) is 0.804. The molecule has 3 aromatic rings. The maximum absolute atomic E-state index is 6.17. The highest BCUT2D eigenvalue weighted by atomic mass is 32.1. The van der Waals surface area contributed by atoms with Crippen LogP contribution in [0.15, 0.2) is 36.0 Å². The topological polar surface area (TPSA) is 66.0 Å². The number of rotatable bonds is 3. The molecule has 0 amide bonds. The maximum atomic E-state index is 6.17. The molecule has 0 unspecified atom stereocenters. The number of hydrogen-bond acceptors (Lipinski definition) is 5. The summed E-state index contributed by atoms with van der Waals surface area (Å²) in [6, 6.07) is 5.79. The number of methoxy groups -OCH3 is 1. The third kappa shape index (κ3) is 1.94. The Morgan fingerprint density at radius 2 is 2.20 bits per heavy atom. The zero-order valence-corrected chi connectivity index (χ0v) is 12.0. The van der Waals surface area contributed by atoms with Gasteiger partial charge in [-0.15, -0.1) is 11.3 Å². The van der Waals surface area contributed by atoms with Crippen LogP contribution in [0, 0.1) is 0 Å². The Balaban J connectivity index is 2.25. The van der Waals surface area contributed by atoms with Gasteiger partial charge in [0.15, 0.2) is 0 Å². The van der Waals surface area contributed by atoms with E-state index < -0.39 is 0 Å². The molecule has 0 spiro atoms. The van der Waals surface area contributed by atoms with Crippen molar-refractivity contribution in [3.63, 3.8) is 0 Å². The first kappa shape index (κ1) is 12.7. The van der Waals surface area contributed by atoms with Gasteiger partial charge in [-0.2, -0.15) is 5.10 Å². The number of thiophene rings is 1. The number of aromatic nitrogens is 3. The van der Waals surface area contributed by atoms with Gasteiger partial charge in [0.25, 0.3) is 0 Å². The molecule has 0 aliphatic carbocycles. The highest BCUT2D eigenvalue weighted by Gasteiger charge is 2.21. The van der Waals surface area contributed by atoms with E-state index in [0.29, 0.717) is 5.82 Å². The third-order valence-electron chi connectivity index (χ3n) is 3.11. The van der Waals surface area contributed by atoms with Gasteiger partial charge in [0.1, 0.15) is 17.3 Å². The molecule has 0 aromatic carbocycles. The lowest BCUT2D eigenvalue weighted by Crippen LogP contribution is -1.98. The average Bonchev–Trinajstić information content (AvgIpc) is 3.05. The van der Waals surface area contributed by atoms with Crippen LogP contribution in [-0.2, 0) is 7.05 Å². The number of hydrogen-bond donors (Lipinski definition) is 1. The van der Waals surface area contributed by atoms with Crippen molar-refractivity contribution < 1.29 is 4.74 Å². The highest BCUT2D eigenvalue weighted by Crippen LogP contribution is 2.42. The molecule has 3 rings (SSSR count). The second-order valence-corrected chi connectivity index (χ2v) is 5.21. The fraction of sp³-hybridized carbons (Fsp3) is 0.143. The Bertz CT molecular complexity index is 733. The molecular formula is C14H14N4OS. The second kappa shape index (κ2) is 4.97. The maximum Gasteiger partial charge on any atom is 0.139 e. The molecule has 0 saturated carbocycles. The number of nitrogens with zero attached hydrogens (tertiary/aromatic N) is 3. The van der Waals surface area contributed by atoms with Gasteiger partial charge in [0.2, 0.25) is 0 Å². The summed E-state index contributed by atoms with van der Waals surface area (Å²) in [7, 11) is 3.49. The van der Waals surface area contributed by atoms with Gasteiger partial charge in [0, 0.05) is 25.0 Å². The molecule has 0 fully saturated rings. The predicted molar refractivity (Wildman–Crippen MR) is 80.7 cm³/mol. The number of ether oxygens (including phenoxy) is 1. The molecule has 102 valence electrons. The van der Waals surface area contributed by atoms with Crippen LogP contribution in [0.1, 0.15) is 0 Å². The number of anilines is 1. The zero-order chi connectivity index (χ0) is 14.1. The van der Waals surface area contributed by atoms with Crippen molar-refractivity contribution >= 4 is 17.2 Å². The van der Waals surface area contributed by atoms with E-state index in [1.807, 2.05) is 30.6 Å². The summed E-state index contributed by atoms with van der Waals surface area (Å²) in [5.41, 5.74) is 8.83. The molecular weight excluding hydrogens is 272 g/mol. The molecule has 0 atom stereocenters. The molecule has 3 aromatic heterocycles. The Kier molecular flexibility index (Phi) is 3.15. The Labute approximate surface area is 120 Å². The summed E-state index contributed by atoms with van der Waals surface area (Å²) >= 11 is 1.58. The smallest absolute Gasteiger partial charge is 0.139 e. The minimum Gasteiger partial charge on any atom is -0.495 e. The standard InChI is InChI=1S/C14H14N4OS/c1-18-14(15)11(9-4-3-6-16-8-9)12(17-18)13-10(19-2)5-7-20-13/h3-8H,15H2,1-2H3. The van der Waals surface area contributed by atoms with Gasteiger partial charge in [-0.3, -0.25) is 9.67 Å². The number of nitrogens with two attached hydrogens (primary N) is 1. The van der Waals surface area contributed by atoms with Crippen LogP contribution in [0.4, 0.5) is 5.82 Å². The van der Waals surface area contributed by atoms with Crippen LogP contribution in [0.25, 0.3) is 21.7 Å². The first-order chi connectivity index (χ1) is 9.72. The van der Waals surface area contributed by atoms with Gasteiger partial charge in [0.05, 0.1) is 17.6 Å². The summed E-state index contributed by atoms with van der Waals surface area (Å²) in [6.07, 6.45) is 3.53. The highest BCUT2D eigenvalue weighted by molar-refractivity contribution is 7.14. The monoisotopic (exact) mass is 286 g/mol. The lowest BCUT2D eigenvalue weighted by Gasteiger charge is -2.04. The third-order valence-corrected chi connectivity index (χ3v) is 4.01. The average molecular weight is 286 g/mol. The van der Waals surface area contributed by atoms with Crippen molar-refractivity contribution in [2.45, 2.75) is 0 Å². The number of pyridine rings is 1. The summed E-state index contributed by atoms with van der Waals surface area (Å²) in [6.45, 7) is 0. The Morgan fingerprint density at radius 3 is 2.90 bits per heavy atom. The van der Waals surface area contributed by atoms with E-state index in [1.54, 1.807) is 35.5 Å². The van der Waals surface area contributed by atoms with E-state index in [4.69, 9.17) is 10.5 Å². The summed E-state index contributed by atoms with van der Waals surface area (Å²) in [4.78, 5) is 5.13. The second-order valence-electron chi connectivity index (χ2n) is 4.29. The summed E-state index contributed by atoms with van der Waals surface area (Å²) in [5, 5.41) is 6.51. The predicted octanol–water partition coefficient (Wildman–Crippen LogP) is 2.80. The molecule has 0 aliphatic rings. The van der Waals surface area contributed by atoms with Crippen molar-refractivity contribution in [1.82, 2.24) is 14.8 Å². The minimum absolute atomic E-state index is 0.614. The lowest BCUT2D eigenvalue weighted by atomic mass is 10.1. The zero-order valence-electron chi connectivity index (χ0n) is 11.2. The van der Waals surface area contributed by atoms with Gasteiger partial charge < -0.3 is 10.5 Å². The Hall–Kier alpha value is -2.34. The largest absolute Gasteiger partial charge is 0.495 e. The molecule has 0 radical (unpaired) electrons. The molecule has 20 heavy (non-hydrogen) atoms. The number of aryl methyl sites for hydroxylation is 1. The van der Waals surface area contributed by atoms with Crippen LogP contribution in [0.2, 0.25) is 0 Å². The normalized spacial score (nSPS) is 10.7. The molecule has 5 nitrogen and oxygen atoms in total. The number of nitrogen functional groups attached to an aromatic ring is 1. The van der Waals surface area contributed by atoms with E-state index in [0.717, 1.165) is 27.4 Å². The van der Waals surface area contributed by atoms with E-state index in [2.05, 4.69) is 10.1 Å². The molecule has 0 saturated heterocycles. The van der Waals surface area contributed by atoms with Crippen molar-refractivity contribution in [2.75, 3.05) is 12.8 Å². The Morgan fingerprint density at radius 1 is 1.35 bits per heavy atom. The van der Waals surface area contributed by atoms with Gasteiger partial charge in [-0.1, -0.05) is 6.07 Å². The molecule has 6 heteroatoms. The minimum atomic E-state index is 0.614. The van der Waals surface area contributed by atoms with Gasteiger partial charge in [-0.05, 0) is 17.5 Å². The first-order valence-corrected chi connectivity index (χ1v) is 6.95. The molecule has 3 heterocycles. The van der Waals surface area contributed by atoms with Gasteiger partial charge >= 0.3 is 0 Å². The van der Waals surface area contributed by atoms with Crippen LogP contribution in [-0.4, -0.2) is 21.9 Å². The fourth-order valence-electron chi connectivity index (χ4n) is 2.12. The first-order valence-electron chi connectivity index (χ1n) is 6.07. The summed E-state index contributed by atoms with van der Waals surface area (Å²) < 4.78 is 7.06. The molecule has 2 N–H and O–H groups in total. The van der Waals surface area contributed by atoms with E-state index in [1.165, 1.54) is 0 Å². The van der Waals surface area contributed by atoms with Crippen LogP contribution >= 0.6 is 11.3 Å². The van der Waals surface area contributed by atoms with Gasteiger partial charge in [-0.25, -0.2) is 0 Å². The van der Waals surface area contributed by atoms with E-state index in [-0.39, 0.29) is 0 Å². The molecule has 0 aliphatic heterocycles.